The molecular formula is C42H57N6O9PS3. The van der Waals surface area contributed by atoms with Gasteiger partial charge in [0.05, 0.1) is 34.3 Å². The molecule has 0 unspecified atom stereocenters. The maximum atomic E-state index is 11.5. The number of nitrogens with one attached hydrogen (secondary N) is 3. The molecule has 3 N–H and O–H groups in total. The van der Waals surface area contributed by atoms with Crippen LogP contribution >= 0.6 is 7.92 Å². The van der Waals surface area contributed by atoms with E-state index in [1.165, 1.54) is 92.4 Å². The van der Waals surface area contributed by atoms with Gasteiger partial charge in [0.1, 0.15) is 67.5 Å². The molecular weight excluding hydrogens is 860 g/mol. The summed E-state index contributed by atoms with van der Waals surface area (Å²) in [5, 5.41) is 0.772. The van der Waals surface area contributed by atoms with Gasteiger partial charge in [-0.1, -0.05) is 76.4 Å². The van der Waals surface area contributed by atoms with Crippen molar-refractivity contribution in [3.8, 4) is 0 Å². The first-order valence-electron chi connectivity index (χ1n) is 19.9. The van der Waals surface area contributed by atoms with Crippen LogP contribution in [0.1, 0.15) is 76.8 Å². The number of aryl methyl sites for hydroxylation is 6. The highest BCUT2D eigenvalue weighted by Crippen LogP contribution is 2.35. The molecule has 6 rings (SSSR count). The van der Waals surface area contributed by atoms with Crippen LogP contribution in [0.15, 0.2) is 125 Å². The van der Waals surface area contributed by atoms with Crippen LogP contribution in [0.2, 0.25) is 0 Å². The second kappa shape index (κ2) is 24.2. The molecule has 3 aromatic heterocycles. The smallest absolute Gasteiger partial charge is 0.251 e. The van der Waals surface area contributed by atoms with Crippen LogP contribution in [-0.4, -0.2) is 53.9 Å². The summed E-state index contributed by atoms with van der Waals surface area (Å²) in [6.45, 7) is 16.3. The monoisotopic (exact) mass is 916 g/mol. The van der Waals surface area contributed by atoms with E-state index in [1.54, 1.807) is 0 Å². The summed E-state index contributed by atoms with van der Waals surface area (Å²) in [5.41, 5.74) is 0. The Morgan fingerprint density at radius 3 is 0.934 bits per heavy atom. The number of imidazole rings is 3. The highest BCUT2D eigenvalue weighted by molar-refractivity contribution is 7.86. The summed E-state index contributed by atoms with van der Waals surface area (Å²) in [4.78, 5) is 7.79. The topological polar surface area (TPSA) is 231 Å². The fourth-order valence-corrected chi connectivity index (χ4v) is 10.0. The fraction of sp³-hybridized carbons (Fsp3) is 0.357. The van der Waals surface area contributed by atoms with Gasteiger partial charge in [-0.3, -0.25) is 0 Å². The maximum absolute atomic E-state index is 11.5. The summed E-state index contributed by atoms with van der Waals surface area (Å²) < 4.78 is 110. The molecule has 0 aliphatic heterocycles. The third kappa shape index (κ3) is 16.7. The van der Waals surface area contributed by atoms with E-state index in [2.05, 4.69) is 88.8 Å². The van der Waals surface area contributed by atoms with Crippen LogP contribution in [0.3, 0.4) is 0 Å². The number of hydrogen-bond acceptors (Lipinski definition) is 9. The lowest BCUT2D eigenvalue weighted by molar-refractivity contribution is -0.702. The molecule has 3 heterocycles. The van der Waals surface area contributed by atoms with Crippen LogP contribution in [0.5, 0.6) is 0 Å². The zero-order valence-electron chi connectivity index (χ0n) is 35.4. The van der Waals surface area contributed by atoms with E-state index in [0.29, 0.717) is 0 Å². The van der Waals surface area contributed by atoms with Crippen LogP contribution in [-0.2, 0) is 50.0 Å². The molecule has 0 radical (unpaired) electrons. The van der Waals surface area contributed by atoms with E-state index in [-0.39, 0.29) is 15.9 Å². The number of H-pyrrole nitrogens is 3. The van der Waals surface area contributed by atoms with Gasteiger partial charge in [-0.05, 0) is 79.5 Å². The Bertz CT molecular complexity index is 2320. The predicted octanol–water partition coefficient (Wildman–Crippen LogP) is 4.39. The zero-order valence-corrected chi connectivity index (χ0v) is 38.8. The Morgan fingerprint density at radius 1 is 0.475 bits per heavy atom. The second-order valence-corrected chi connectivity index (χ2v) is 20.3. The largest absolute Gasteiger partial charge is 0.744 e. The van der Waals surface area contributed by atoms with E-state index >= 15 is 0 Å². The third-order valence-corrected chi connectivity index (χ3v) is 14.2. The average Bonchev–Trinajstić information content (AvgIpc) is 3.96. The van der Waals surface area contributed by atoms with Crippen molar-refractivity contribution in [2.45, 2.75) is 114 Å². The SMILES string of the molecule is CCCC[n+]1cc[nH]c1C.CCCC[n+]1cc[nH]c1C.CCCC[n+]1cc[nH]c1C.O=S(=O)([O-])c1cccc(P(c2cccc(S(=O)(=O)[O-])c2)c2cccc(S(=O)(=O)[O-])c2)c1. The molecule has 0 amide bonds. The molecule has 15 nitrogen and oxygen atoms in total. The van der Waals surface area contributed by atoms with E-state index in [0.717, 1.165) is 56.0 Å². The van der Waals surface area contributed by atoms with Gasteiger partial charge in [0, 0.05) is 20.8 Å². The first-order chi connectivity index (χ1) is 28.8. The average molecular weight is 917 g/mol. The molecule has 0 aliphatic rings. The molecule has 61 heavy (non-hydrogen) atoms. The Hall–Kier alpha value is -4.55. The first kappa shape index (κ1) is 50.8. The lowest BCUT2D eigenvalue weighted by Crippen LogP contribution is -2.34. The third-order valence-electron chi connectivity index (χ3n) is 9.28. The Morgan fingerprint density at radius 2 is 0.738 bits per heavy atom. The molecule has 6 aromatic rings. The Balaban J connectivity index is 0.000000266. The van der Waals surface area contributed by atoms with Crippen LogP contribution in [0.25, 0.3) is 0 Å². The van der Waals surface area contributed by atoms with Gasteiger partial charge in [0.25, 0.3) is 17.5 Å². The van der Waals surface area contributed by atoms with Gasteiger partial charge in [-0.15, -0.1) is 0 Å². The highest BCUT2D eigenvalue weighted by atomic mass is 32.2. The quantitative estimate of drug-likeness (QED) is 0.0753. The molecule has 0 saturated heterocycles. The van der Waals surface area contributed by atoms with Crippen molar-refractivity contribution in [1.82, 2.24) is 15.0 Å². The number of benzene rings is 3. The lowest BCUT2D eigenvalue weighted by atomic mass is 10.3. The zero-order chi connectivity index (χ0) is 45.2. The molecule has 0 spiro atoms. The standard InChI is InChI=1S/C18H15O9PS3.3C8H14N2/c19-29(20,21)16-7-1-4-13(10-16)28(14-5-2-8-17(11-14)30(22,23)24)15-6-3-9-18(12-15)31(25,26)27;3*1-3-4-6-10-7-5-9-8(10)2/h1-12H,(H,19,20,21)(H,22,23,24)(H,25,26,27);3*5,7H,3-4,6H2,1-2H3. The number of rotatable bonds is 15. The molecule has 19 heteroatoms. The van der Waals surface area contributed by atoms with Crippen molar-refractivity contribution in [3.63, 3.8) is 0 Å². The van der Waals surface area contributed by atoms with Crippen molar-refractivity contribution in [1.29, 1.82) is 0 Å². The van der Waals surface area contributed by atoms with Gasteiger partial charge in [-0.25, -0.2) is 53.9 Å². The summed E-state index contributed by atoms with van der Waals surface area (Å²) >= 11 is 0. The molecule has 0 fully saturated rings. The normalized spacial score (nSPS) is 11.5. The van der Waals surface area contributed by atoms with Crippen LogP contribution in [0, 0.1) is 20.8 Å². The predicted molar refractivity (Wildman–Crippen MR) is 231 cm³/mol. The van der Waals surface area contributed by atoms with Gasteiger partial charge in [-0.2, -0.15) is 0 Å². The lowest BCUT2D eigenvalue weighted by Gasteiger charge is -2.22. The van der Waals surface area contributed by atoms with Crippen molar-refractivity contribution < 1.29 is 52.6 Å². The van der Waals surface area contributed by atoms with Crippen molar-refractivity contribution in [2.75, 3.05) is 0 Å². The molecule has 0 bridgehead atoms. The number of nitrogens with zero attached hydrogens (tertiary/aromatic N) is 3. The van der Waals surface area contributed by atoms with E-state index in [9.17, 15) is 38.9 Å². The van der Waals surface area contributed by atoms with Gasteiger partial charge < -0.3 is 13.7 Å². The van der Waals surface area contributed by atoms with Gasteiger partial charge in [0.2, 0.25) is 0 Å². The second-order valence-electron chi connectivity index (χ2n) is 14.0. The highest BCUT2D eigenvalue weighted by Gasteiger charge is 2.20. The molecule has 0 atom stereocenters. The van der Waals surface area contributed by atoms with E-state index < -0.39 is 53.0 Å². The van der Waals surface area contributed by atoms with Crippen molar-refractivity contribution >= 4 is 54.2 Å². The molecule has 332 valence electrons. The molecule has 0 aliphatic carbocycles. The number of aromatic amines is 3. The van der Waals surface area contributed by atoms with Crippen LogP contribution in [0.4, 0.5) is 0 Å². The summed E-state index contributed by atoms with van der Waals surface area (Å²) in [6, 6.07) is 14.8. The van der Waals surface area contributed by atoms with Gasteiger partial charge >= 0.3 is 0 Å². The number of unbranched alkanes of at least 4 members (excludes halogenated alkanes) is 3. The molecule has 3 aromatic carbocycles. The van der Waals surface area contributed by atoms with Gasteiger partial charge in [0.15, 0.2) is 0 Å². The minimum Gasteiger partial charge on any atom is -0.744 e. The Labute approximate surface area is 362 Å². The minimum atomic E-state index is -4.82. The maximum Gasteiger partial charge on any atom is 0.251 e. The van der Waals surface area contributed by atoms with E-state index in [4.69, 9.17) is 0 Å². The molecule has 0 saturated carbocycles. The summed E-state index contributed by atoms with van der Waals surface area (Å²) in [5.74, 6) is 3.73. The summed E-state index contributed by atoms with van der Waals surface area (Å²) in [6.07, 6.45) is 19.8. The minimum absolute atomic E-state index is 0.257. The fourth-order valence-electron chi connectivity index (χ4n) is 5.82. The van der Waals surface area contributed by atoms with E-state index in [1.807, 2.05) is 18.6 Å². The van der Waals surface area contributed by atoms with Crippen molar-refractivity contribution in [3.05, 3.63) is 127 Å². The number of aromatic nitrogens is 6. The Kier molecular flexibility index (Phi) is 20.1. The van der Waals surface area contributed by atoms with Crippen LogP contribution < -0.4 is 29.6 Å². The summed E-state index contributed by atoms with van der Waals surface area (Å²) in [7, 11) is -16.3. The first-order valence-corrected chi connectivity index (χ1v) is 25.4. The number of hydrogen-bond donors (Lipinski definition) is 3. The van der Waals surface area contributed by atoms with Crippen molar-refractivity contribution in [2.24, 2.45) is 0 Å².